The van der Waals surface area contributed by atoms with Gasteiger partial charge in [-0.1, -0.05) is 12.2 Å². The van der Waals surface area contributed by atoms with Crippen molar-refractivity contribution in [2.24, 2.45) is 11.8 Å². The van der Waals surface area contributed by atoms with E-state index in [1.807, 2.05) is 0 Å². The van der Waals surface area contributed by atoms with Crippen LogP contribution in [0.15, 0.2) is 36.4 Å². The molecule has 4 atom stereocenters. The van der Waals surface area contributed by atoms with Gasteiger partial charge in [0.2, 0.25) is 5.91 Å². The number of nitrogens with one attached hydrogen (secondary N) is 1. The Balaban J connectivity index is 1.75. The van der Waals surface area contributed by atoms with Crippen molar-refractivity contribution in [2.75, 3.05) is 5.32 Å². The van der Waals surface area contributed by atoms with Gasteiger partial charge < -0.3 is 15.2 Å². The maximum Gasteiger partial charge on any atom is 0.310 e. The number of non-ortho nitro benzene ring substituents is 1. The molecule has 2 aliphatic heterocycles. The summed E-state index contributed by atoms with van der Waals surface area (Å²) in [4.78, 5) is 33.7. The number of carbonyl (C=O) groups excluding carboxylic acids is 1. The highest BCUT2D eigenvalue weighted by Crippen LogP contribution is 2.39. The number of hydrogen-bond acceptors (Lipinski definition) is 5. The number of hydrogen-bond donors (Lipinski definition) is 2. The standard InChI is InChI=1S/C14H12N2O6/c17-13(15-7-1-3-8(4-2-7)16(20)21)11-9-5-6-10(22-9)12(11)14(18)19/h1-6,9-12H,(H,15,17)(H,18,19)/t9-,10+,11-,12+/m1/s1. The zero-order chi connectivity index (χ0) is 15.9. The van der Waals surface area contributed by atoms with Crippen LogP contribution in [0.4, 0.5) is 11.4 Å². The first-order valence-electron chi connectivity index (χ1n) is 6.59. The lowest BCUT2D eigenvalue weighted by molar-refractivity contribution is -0.384. The van der Waals surface area contributed by atoms with Crippen molar-refractivity contribution in [2.45, 2.75) is 12.2 Å². The van der Waals surface area contributed by atoms with E-state index in [1.165, 1.54) is 24.3 Å². The van der Waals surface area contributed by atoms with E-state index in [4.69, 9.17) is 4.74 Å². The lowest BCUT2D eigenvalue weighted by atomic mass is 9.82. The summed E-state index contributed by atoms with van der Waals surface area (Å²) in [6, 6.07) is 5.33. The third-order valence-electron chi connectivity index (χ3n) is 3.83. The van der Waals surface area contributed by atoms with E-state index in [1.54, 1.807) is 12.2 Å². The molecule has 1 fully saturated rings. The lowest BCUT2D eigenvalue weighted by Crippen LogP contribution is -2.39. The van der Waals surface area contributed by atoms with E-state index in [0.717, 1.165) is 0 Å². The van der Waals surface area contributed by atoms with Crippen molar-refractivity contribution >= 4 is 23.3 Å². The second-order valence-corrected chi connectivity index (χ2v) is 5.13. The van der Waals surface area contributed by atoms with Gasteiger partial charge in [0.05, 0.1) is 23.0 Å². The van der Waals surface area contributed by atoms with Crippen molar-refractivity contribution in [1.29, 1.82) is 0 Å². The van der Waals surface area contributed by atoms with Crippen LogP contribution in [0.1, 0.15) is 0 Å². The third kappa shape index (κ3) is 2.33. The molecule has 0 radical (unpaired) electrons. The topological polar surface area (TPSA) is 119 Å². The number of amides is 1. The molecule has 114 valence electrons. The smallest absolute Gasteiger partial charge is 0.310 e. The normalized spacial score (nSPS) is 28.5. The molecule has 3 rings (SSSR count). The molecule has 1 aromatic rings. The number of nitro groups is 1. The van der Waals surface area contributed by atoms with Gasteiger partial charge in [-0.2, -0.15) is 0 Å². The minimum absolute atomic E-state index is 0.0902. The molecular weight excluding hydrogens is 292 g/mol. The zero-order valence-electron chi connectivity index (χ0n) is 11.2. The summed E-state index contributed by atoms with van der Waals surface area (Å²) in [7, 11) is 0. The predicted molar refractivity (Wildman–Crippen MR) is 74.1 cm³/mol. The molecule has 0 aliphatic carbocycles. The number of fused-ring (bicyclic) bond motifs is 2. The number of nitro benzene ring substituents is 1. The Labute approximate surface area is 124 Å². The van der Waals surface area contributed by atoms with Crippen LogP contribution in [0.25, 0.3) is 0 Å². The number of carboxylic acids is 1. The first kappa shape index (κ1) is 14.2. The third-order valence-corrected chi connectivity index (χ3v) is 3.83. The number of ether oxygens (including phenoxy) is 1. The molecule has 1 aromatic carbocycles. The van der Waals surface area contributed by atoms with Crippen LogP contribution < -0.4 is 5.32 Å². The largest absolute Gasteiger partial charge is 0.481 e. The summed E-state index contributed by atoms with van der Waals surface area (Å²) in [5.41, 5.74) is 0.277. The second kappa shape index (κ2) is 5.23. The molecule has 2 heterocycles. The molecule has 0 aromatic heterocycles. The van der Waals surface area contributed by atoms with Gasteiger partial charge in [-0.25, -0.2) is 0 Å². The summed E-state index contributed by atoms with van der Waals surface area (Å²) in [6.45, 7) is 0. The lowest BCUT2D eigenvalue weighted by Gasteiger charge is -2.20. The summed E-state index contributed by atoms with van der Waals surface area (Å²) >= 11 is 0. The fraction of sp³-hybridized carbons (Fsp3) is 0.286. The molecule has 2 bridgehead atoms. The summed E-state index contributed by atoms with van der Waals surface area (Å²) in [5.74, 6) is -3.30. The molecule has 8 heteroatoms. The van der Waals surface area contributed by atoms with E-state index >= 15 is 0 Å². The summed E-state index contributed by atoms with van der Waals surface area (Å²) in [5, 5.41) is 22.4. The fourth-order valence-corrected chi connectivity index (χ4v) is 2.81. The van der Waals surface area contributed by atoms with Crippen molar-refractivity contribution in [3.8, 4) is 0 Å². The molecule has 1 amide bonds. The molecule has 2 N–H and O–H groups in total. The minimum atomic E-state index is -1.08. The van der Waals surface area contributed by atoms with Gasteiger partial charge in [-0.05, 0) is 12.1 Å². The minimum Gasteiger partial charge on any atom is -0.481 e. The van der Waals surface area contributed by atoms with E-state index in [0.29, 0.717) is 5.69 Å². The molecular formula is C14H12N2O6. The molecule has 8 nitrogen and oxygen atoms in total. The average Bonchev–Trinajstić information content (AvgIpc) is 3.08. The second-order valence-electron chi connectivity index (χ2n) is 5.13. The van der Waals surface area contributed by atoms with E-state index in [2.05, 4.69) is 5.32 Å². The Kier molecular flexibility index (Phi) is 3.38. The molecule has 0 spiro atoms. The maximum absolute atomic E-state index is 12.3. The van der Waals surface area contributed by atoms with Crippen LogP contribution in [-0.4, -0.2) is 34.1 Å². The number of aliphatic carboxylic acids is 1. The van der Waals surface area contributed by atoms with Crippen LogP contribution in [0.3, 0.4) is 0 Å². The number of anilines is 1. The zero-order valence-corrected chi connectivity index (χ0v) is 11.2. The van der Waals surface area contributed by atoms with Crippen LogP contribution in [0, 0.1) is 22.0 Å². The first-order chi connectivity index (χ1) is 10.5. The summed E-state index contributed by atoms with van der Waals surface area (Å²) < 4.78 is 5.43. The number of nitrogens with zero attached hydrogens (tertiary/aromatic N) is 1. The van der Waals surface area contributed by atoms with Gasteiger partial charge in [-0.15, -0.1) is 0 Å². The summed E-state index contributed by atoms with van der Waals surface area (Å²) in [6.07, 6.45) is 2.20. The quantitative estimate of drug-likeness (QED) is 0.490. The molecule has 0 unspecified atom stereocenters. The maximum atomic E-state index is 12.3. The Bertz CT molecular complexity index is 668. The first-order valence-corrected chi connectivity index (χ1v) is 6.59. The number of benzene rings is 1. The molecule has 0 saturated carbocycles. The number of carbonyl (C=O) groups is 2. The van der Waals surface area contributed by atoms with Gasteiger partial charge in [0.25, 0.3) is 5.69 Å². The Morgan fingerprint density at radius 1 is 1.14 bits per heavy atom. The van der Waals surface area contributed by atoms with Crippen molar-refractivity contribution in [3.05, 3.63) is 46.5 Å². The van der Waals surface area contributed by atoms with E-state index < -0.39 is 40.8 Å². The molecule has 22 heavy (non-hydrogen) atoms. The highest BCUT2D eigenvalue weighted by atomic mass is 16.6. The molecule has 2 aliphatic rings. The van der Waals surface area contributed by atoms with E-state index in [9.17, 15) is 24.8 Å². The van der Waals surface area contributed by atoms with Crippen LogP contribution in [0.2, 0.25) is 0 Å². The van der Waals surface area contributed by atoms with Gasteiger partial charge in [0, 0.05) is 17.8 Å². The SMILES string of the molecule is O=C(O)[C@@H]1[C@H](C(=O)Nc2ccc([N+](=O)[O-])cc2)[C@H]2C=C[C@@H]1O2. The number of carboxylic acid groups (broad SMARTS) is 1. The molecule has 1 saturated heterocycles. The predicted octanol–water partition coefficient (Wildman–Crippen LogP) is 1.19. The highest BCUT2D eigenvalue weighted by molar-refractivity contribution is 5.96. The Hall–Kier alpha value is -2.74. The van der Waals surface area contributed by atoms with Crippen LogP contribution in [0.5, 0.6) is 0 Å². The number of rotatable bonds is 4. The van der Waals surface area contributed by atoms with E-state index in [-0.39, 0.29) is 5.69 Å². The Morgan fingerprint density at radius 2 is 1.73 bits per heavy atom. The average molecular weight is 304 g/mol. The monoisotopic (exact) mass is 304 g/mol. The van der Waals surface area contributed by atoms with Crippen molar-refractivity contribution < 1.29 is 24.4 Å². The highest BCUT2D eigenvalue weighted by Gasteiger charge is 2.53. The van der Waals surface area contributed by atoms with Crippen LogP contribution in [-0.2, 0) is 14.3 Å². The fourth-order valence-electron chi connectivity index (χ4n) is 2.81. The van der Waals surface area contributed by atoms with Gasteiger partial charge in [0.15, 0.2) is 0 Å². The van der Waals surface area contributed by atoms with Gasteiger partial charge >= 0.3 is 5.97 Å². The van der Waals surface area contributed by atoms with Gasteiger partial charge in [0.1, 0.15) is 5.92 Å². The van der Waals surface area contributed by atoms with Crippen molar-refractivity contribution in [1.82, 2.24) is 0 Å². The Morgan fingerprint density at radius 3 is 2.27 bits per heavy atom. The van der Waals surface area contributed by atoms with Crippen molar-refractivity contribution in [3.63, 3.8) is 0 Å². The van der Waals surface area contributed by atoms with Gasteiger partial charge in [-0.3, -0.25) is 19.7 Å². The van der Waals surface area contributed by atoms with Crippen LogP contribution >= 0.6 is 0 Å².